The second-order valence-electron chi connectivity index (χ2n) is 6.71. The highest BCUT2D eigenvalue weighted by Gasteiger charge is 2.10. The van der Waals surface area contributed by atoms with Gasteiger partial charge in [0.1, 0.15) is 24.2 Å². The third-order valence-electron chi connectivity index (χ3n) is 4.26. The average Bonchev–Trinajstić information content (AvgIpc) is 2.64. The van der Waals surface area contributed by atoms with Crippen LogP contribution in [0.5, 0.6) is 11.5 Å². The highest BCUT2D eigenvalue weighted by molar-refractivity contribution is 5.75. The minimum absolute atomic E-state index is 0.102. The number of aliphatic hydroxyl groups is 1. The number of nitrogens with one attached hydrogen (secondary N) is 1. The van der Waals surface area contributed by atoms with Gasteiger partial charge in [0.05, 0.1) is 6.61 Å². The number of carbonyl (C=O) groups excluding carboxylic acids is 1. The topological polar surface area (TPSA) is 67.8 Å². The molecule has 2 aromatic rings. The number of amides is 1. The molecule has 0 aliphatic heterocycles. The van der Waals surface area contributed by atoms with Crippen molar-refractivity contribution in [3.05, 3.63) is 59.2 Å². The van der Waals surface area contributed by atoms with E-state index in [2.05, 4.69) is 5.32 Å². The molecule has 1 unspecified atom stereocenters. The molecule has 1 atom stereocenters. The Morgan fingerprint density at radius 3 is 2.37 bits per heavy atom. The molecule has 0 spiro atoms. The first-order valence-electron chi connectivity index (χ1n) is 9.29. The monoisotopic (exact) mass is 371 g/mol. The summed E-state index contributed by atoms with van der Waals surface area (Å²) in [4.78, 5) is 11.9. The fraction of sp³-hybridized carbons (Fsp3) is 0.409. The molecule has 0 aliphatic rings. The van der Waals surface area contributed by atoms with E-state index in [1.165, 1.54) is 0 Å². The summed E-state index contributed by atoms with van der Waals surface area (Å²) in [5.41, 5.74) is 3.13. The number of hydrogen-bond donors (Lipinski definition) is 2. The van der Waals surface area contributed by atoms with Gasteiger partial charge in [0.25, 0.3) is 0 Å². The summed E-state index contributed by atoms with van der Waals surface area (Å²) in [5, 5.41) is 12.8. The van der Waals surface area contributed by atoms with Crippen LogP contribution < -0.4 is 14.8 Å². The highest BCUT2D eigenvalue weighted by atomic mass is 16.5. The molecule has 0 bridgehead atoms. The minimum atomic E-state index is -0.754. The molecule has 0 radical (unpaired) electrons. The Labute approximate surface area is 161 Å². The first-order chi connectivity index (χ1) is 13.0. The Morgan fingerprint density at radius 1 is 1.00 bits per heavy atom. The summed E-state index contributed by atoms with van der Waals surface area (Å²) in [6, 6.07) is 13.7. The van der Waals surface area contributed by atoms with Gasteiger partial charge in [-0.25, -0.2) is 0 Å². The summed E-state index contributed by atoms with van der Waals surface area (Å²) < 4.78 is 11.4. The first-order valence-corrected chi connectivity index (χ1v) is 9.29. The fourth-order valence-electron chi connectivity index (χ4n) is 2.72. The molecule has 0 heterocycles. The molecule has 1 amide bonds. The summed E-state index contributed by atoms with van der Waals surface area (Å²) in [7, 11) is 0. The zero-order valence-electron chi connectivity index (χ0n) is 16.3. The molecule has 2 N–H and O–H groups in total. The lowest BCUT2D eigenvalue weighted by Gasteiger charge is -2.16. The van der Waals surface area contributed by atoms with E-state index >= 15 is 0 Å². The number of aryl methyl sites for hydroxylation is 3. The van der Waals surface area contributed by atoms with Crippen molar-refractivity contribution in [3.63, 3.8) is 0 Å². The van der Waals surface area contributed by atoms with Gasteiger partial charge in [-0.15, -0.1) is 0 Å². The van der Waals surface area contributed by atoms with Gasteiger partial charge < -0.3 is 19.9 Å². The highest BCUT2D eigenvalue weighted by Crippen LogP contribution is 2.22. The van der Waals surface area contributed by atoms with Crippen molar-refractivity contribution in [2.45, 2.75) is 39.7 Å². The lowest BCUT2D eigenvalue weighted by molar-refractivity contribution is -0.121. The first kappa shape index (κ1) is 20.8. The van der Waals surface area contributed by atoms with Crippen LogP contribution in [0.1, 0.15) is 29.5 Å². The maximum Gasteiger partial charge on any atom is 0.220 e. The summed E-state index contributed by atoms with van der Waals surface area (Å²) in [6.07, 6.45) is 0.224. The zero-order chi connectivity index (χ0) is 19.6. The molecule has 27 heavy (non-hydrogen) atoms. The van der Waals surface area contributed by atoms with E-state index in [4.69, 9.17) is 9.47 Å². The van der Waals surface area contributed by atoms with E-state index in [9.17, 15) is 9.90 Å². The predicted molar refractivity (Wildman–Crippen MR) is 106 cm³/mol. The quantitative estimate of drug-likeness (QED) is 0.629. The Kier molecular flexibility index (Phi) is 8.14. The van der Waals surface area contributed by atoms with Gasteiger partial charge in [0, 0.05) is 13.0 Å². The third kappa shape index (κ3) is 6.94. The third-order valence-corrected chi connectivity index (χ3v) is 4.26. The van der Waals surface area contributed by atoms with Crippen LogP contribution in [0.25, 0.3) is 0 Å². The van der Waals surface area contributed by atoms with E-state index in [1.807, 2.05) is 63.2 Å². The van der Waals surface area contributed by atoms with Gasteiger partial charge in [0.15, 0.2) is 0 Å². The molecule has 0 aromatic heterocycles. The maximum atomic E-state index is 11.9. The molecule has 0 saturated carbocycles. The van der Waals surface area contributed by atoms with Crippen molar-refractivity contribution in [1.82, 2.24) is 5.32 Å². The number of aliphatic hydroxyl groups excluding tert-OH is 1. The Balaban J connectivity index is 1.61. The molecule has 5 nitrogen and oxygen atoms in total. The van der Waals surface area contributed by atoms with Gasteiger partial charge in [-0.05, 0) is 49.9 Å². The SMILES string of the molecule is Cc1ccccc1OCCCC(=O)NCC(O)COc1c(C)cccc1C. The second kappa shape index (κ2) is 10.6. The number of ether oxygens (including phenoxy) is 2. The average molecular weight is 371 g/mol. The van der Waals surface area contributed by atoms with Gasteiger partial charge in [0.2, 0.25) is 5.91 Å². The van der Waals surface area contributed by atoms with Crippen LogP contribution in [0.3, 0.4) is 0 Å². The second-order valence-corrected chi connectivity index (χ2v) is 6.71. The lowest BCUT2D eigenvalue weighted by Crippen LogP contribution is -2.35. The van der Waals surface area contributed by atoms with Crippen LogP contribution in [-0.2, 0) is 4.79 Å². The maximum absolute atomic E-state index is 11.9. The van der Waals surface area contributed by atoms with Gasteiger partial charge in [-0.3, -0.25) is 4.79 Å². The Morgan fingerprint density at radius 2 is 1.67 bits per heavy atom. The fourth-order valence-corrected chi connectivity index (χ4v) is 2.72. The van der Waals surface area contributed by atoms with Crippen molar-refractivity contribution >= 4 is 5.91 Å². The number of benzene rings is 2. The standard InChI is InChI=1S/C22H29NO4/c1-16-8-4-5-11-20(16)26-13-7-12-21(25)23-14-19(24)15-27-22-17(2)9-6-10-18(22)3/h4-6,8-11,19,24H,7,12-15H2,1-3H3,(H,23,25). The zero-order valence-corrected chi connectivity index (χ0v) is 16.3. The van der Waals surface area contributed by atoms with Crippen molar-refractivity contribution in [2.75, 3.05) is 19.8 Å². The number of rotatable bonds is 10. The molecule has 0 fully saturated rings. The molecule has 0 saturated heterocycles. The number of carbonyl (C=O) groups is 1. The molecule has 5 heteroatoms. The van der Waals surface area contributed by atoms with Gasteiger partial charge >= 0.3 is 0 Å². The normalized spacial score (nSPS) is 11.7. The van der Waals surface area contributed by atoms with E-state index in [0.717, 1.165) is 28.2 Å². The lowest BCUT2D eigenvalue weighted by atomic mass is 10.1. The number of hydrogen-bond acceptors (Lipinski definition) is 4. The van der Waals surface area contributed by atoms with Crippen LogP contribution in [-0.4, -0.2) is 36.9 Å². The Hall–Kier alpha value is -2.53. The molecule has 146 valence electrons. The smallest absolute Gasteiger partial charge is 0.220 e. The van der Waals surface area contributed by atoms with Crippen molar-refractivity contribution in [1.29, 1.82) is 0 Å². The van der Waals surface area contributed by atoms with E-state index in [0.29, 0.717) is 19.4 Å². The van der Waals surface area contributed by atoms with Crippen molar-refractivity contribution < 1.29 is 19.4 Å². The molecular weight excluding hydrogens is 342 g/mol. The van der Waals surface area contributed by atoms with Crippen LogP contribution in [0, 0.1) is 20.8 Å². The van der Waals surface area contributed by atoms with E-state index < -0.39 is 6.10 Å². The van der Waals surface area contributed by atoms with Crippen LogP contribution >= 0.6 is 0 Å². The number of para-hydroxylation sites is 2. The van der Waals surface area contributed by atoms with Crippen molar-refractivity contribution in [2.24, 2.45) is 0 Å². The van der Waals surface area contributed by atoms with Crippen molar-refractivity contribution in [3.8, 4) is 11.5 Å². The summed E-state index contributed by atoms with van der Waals surface area (Å²) >= 11 is 0. The molecular formula is C22H29NO4. The van der Waals surface area contributed by atoms with Crippen LogP contribution in [0.15, 0.2) is 42.5 Å². The van der Waals surface area contributed by atoms with Gasteiger partial charge in [-0.2, -0.15) is 0 Å². The molecule has 0 aliphatic carbocycles. The van der Waals surface area contributed by atoms with Crippen LogP contribution in [0.2, 0.25) is 0 Å². The molecule has 2 rings (SSSR count). The van der Waals surface area contributed by atoms with E-state index in [1.54, 1.807) is 0 Å². The Bertz CT molecular complexity index is 725. The molecule has 2 aromatic carbocycles. The minimum Gasteiger partial charge on any atom is -0.493 e. The van der Waals surface area contributed by atoms with Crippen LogP contribution in [0.4, 0.5) is 0 Å². The van der Waals surface area contributed by atoms with Gasteiger partial charge in [-0.1, -0.05) is 36.4 Å². The summed E-state index contributed by atoms with van der Waals surface area (Å²) in [6.45, 7) is 6.72. The largest absolute Gasteiger partial charge is 0.493 e. The predicted octanol–water partition coefficient (Wildman–Crippen LogP) is 3.33. The van der Waals surface area contributed by atoms with E-state index in [-0.39, 0.29) is 19.1 Å². The summed E-state index contributed by atoms with van der Waals surface area (Å²) in [5.74, 6) is 1.53.